The van der Waals surface area contributed by atoms with E-state index in [0.29, 0.717) is 12.8 Å². The molecule has 0 rings (SSSR count). The number of aliphatic carboxylic acids is 2. The zero-order valence-electron chi connectivity index (χ0n) is 19.1. The molecular formula is C20H36N4O8. The summed E-state index contributed by atoms with van der Waals surface area (Å²) in [6, 6.07) is -5.24. The standard InChI is InChI=1S/C20H36N4O8/c1-6-9(3)14(22-17(28)12(21)8-13(26)27)18(29)24-16(11(5)25)19(30)23-15(20(31)32)10(4)7-2/h9-12,14-16,25H,6-8,21H2,1-5H3,(H,22,28)(H,23,30)(H,24,29)(H,26,27)(H,31,32). The lowest BCUT2D eigenvalue weighted by Gasteiger charge is -2.29. The van der Waals surface area contributed by atoms with Crippen LogP contribution in [0.15, 0.2) is 0 Å². The van der Waals surface area contributed by atoms with Crippen LogP contribution in [0.25, 0.3) is 0 Å². The van der Waals surface area contributed by atoms with E-state index in [1.165, 1.54) is 6.92 Å². The van der Waals surface area contributed by atoms with E-state index in [0.717, 1.165) is 0 Å². The highest BCUT2D eigenvalue weighted by Gasteiger charge is 2.35. The first-order valence-electron chi connectivity index (χ1n) is 10.6. The second-order valence-corrected chi connectivity index (χ2v) is 8.01. The van der Waals surface area contributed by atoms with Crippen molar-refractivity contribution < 1.29 is 39.3 Å². The third-order valence-electron chi connectivity index (χ3n) is 5.36. The number of carboxylic acids is 2. The topological polar surface area (TPSA) is 208 Å². The van der Waals surface area contributed by atoms with Gasteiger partial charge in [-0.15, -0.1) is 0 Å². The van der Waals surface area contributed by atoms with Crippen LogP contribution < -0.4 is 21.7 Å². The first-order valence-corrected chi connectivity index (χ1v) is 10.6. The van der Waals surface area contributed by atoms with E-state index < -0.39 is 78.2 Å². The van der Waals surface area contributed by atoms with Crippen LogP contribution in [0.5, 0.6) is 0 Å². The minimum Gasteiger partial charge on any atom is -0.481 e. The molecule has 0 heterocycles. The predicted molar refractivity (Wildman–Crippen MR) is 114 cm³/mol. The summed E-state index contributed by atoms with van der Waals surface area (Å²) in [5.41, 5.74) is 5.55. The largest absolute Gasteiger partial charge is 0.481 e. The Bertz CT molecular complexity index is 685. The fourth-order valence-corrected chi connectivity index (χ4v) is 2.82. The van der Waals surface area contributed by atoms with Gasteiger partial charge in [-0.2, -0.15) is 0 Å². The molecule has 0 aromatic heterocycles. The van der Waals surface area contributed by atoms with Gasteiger partial charge in [0.05, 0.1) is 18.6 Å². The molecule has 3 amide bonds. The average molecular weight is 461 g/mol. The molecule has 0 aliphatic rings. The Morgan fingerprint density at radius 1 is 0.750 bits per heavy atom. The highest BCUT2D eigenvalue weighted by Crippen LogP contribution is 2.11. The summed E-state index contributed by atoms with van der Waals surface area (Å²) in [7, 11) is 0. The molecule has 0 spiro atoms. The maximum absolute atomic E-state index is 12.9. The van der Waals surface area contributed by atoms with Crippen molar-refractivity contribution in [1.82, 2.24) is 16.0 Å². The van der Waals surface area contributed by atoms with Crippen LogP contribution >= 0.6 is 0 Å². The number of carbonyl (C=O) groups is 5. The number of aliphatic hydroxyl groups excluding tert-OH is 1. The lowest BCUT2D eigenvalue weighted by atomic mass is 9.96. The maximum Gasteiger partial charge on any atom is 0.326 e. The van der Waals surface area contributed by atoms with E-state index in [1.807, 2.05) is 0 Å². The smallest absolute Gasteiger partial charge is 0.326 e. The van der Waals surface area contributed by atoms with Gasteiger partial charge in [0.15, 0.2) is 0 Å². The molecule has 7 atom stereocenters. The number of nitrogens with two attached hydrogens (primary N) is 1. The fraction of sp³-hybridized carbons (Fsp3) is 0.750. The minimum absolute atomic E-state index is 0.398. The molecule has 8 N–H and O–H groups in total. The summed E-state index contributed by atoms with van der Waals surface area (Å²) < 4.78 is 0. The van der Waals surface area contributed by atoms with Crippen LogP contribution in [0.3, 0.4) is 0 Å². The SMILES string of the molecule is CCC(C)C(NC(=O)C(NC(=O)C(NC(=O)C(N)CC(=O)O)C(C)CC)C(C)O)C(=O)O. The van der Waals surface area contributed by atoms with Crippen LogP contribution in [0.1, 0.15) is 53.9 Å². The normalized spacial score (nSPS) is 17.6. The zero-order valence-corrected chi connectivity index (χ0v) is 19.1. The van der Waals surface area contributed by atoms with Gasteiger partial charge in [-0.1, -0.05) is 40.5 Å². The molecular weight excluding hydrogens is 424 g/mol. The highest BCUT2D eigenvalue weighted by atomic mass is 16.4. The Morgan fingerprint density at radius 2 is 1.16 bits per heavy atom. The molecule has 0 fully saturated rings. The number of carbonyl (C=O) groups excluding carboxylic acids is 3. The van der Waals surface area contributed by atoms with Gasteiger partial charge in [0.1, 0.15) is 18.1 Å². The van der Waals surface area contributed by atoms with Crippen LogP contribution in [0.4, 0.5) is 0 Å². The Labute approximate surface area is 187 Å². The highest BCUT2D eigenvalue weighted by molar-refractivity contribution is 5.95. The van der Waals surface area contributed by atoms with E-state index in [4.69, 9.17) is 10.8 Å². The number of aliphatic hydroxyl groups is 1. The Morgan fingerprint density at radius 3 is 1.56 bits per heavy atom. The molecule has 32 heavy (non-hydrogen) atoms. The Balaban J connectivity index is 5.53. The summed E-state index contributed by atoms with van der Waals surface area (Å²) in [5, 5.41) is 35.3. The van der Waals surface area contributed by atoms with Crippen molar-refractivity contribution in [3.05, 3.63) is 0 Å². The van der Waals surface area contributed by atoms with E-state index >= 15 is 0 Å². The Hall–Kier alpha value is -2.73. The summed E-state index contributed by atoms with van der Waals surface area (Å²) in [5.74, 6) is -5.89. The van der Waals surface area contributed by atoms with Gasteiger partial charge in [-0.25, -0.2) is 4.79 Å². The number of nitrogens with one attached hydrogen (secondary N) is 3. The lowest BCUT2D eigenvalue weighted by Crippen LogP contribution is -2.61. The average Bonchev–Trinajstić information content (AvgIpc) is 2.71. The van der Waals surface area contributed by atoms with Crippen molar-refractivity contribution >= 4 is 29.7 Å². The summed E-state index contributed by atoms with van der Waals surface area (Å²) in [4.78, 5) is 60.0. The number of hydrogen-bond acceptors (Lipinski definition) is 7. The molecule has 0 radical (unpaired) electrons. The van der Waals surface area contributed by atoms with Gasteiger partial charge in [0, 0.05) is 0 Å². The van der Waals surface area contributed by atoms with Crippen molar-refractivity contribution in [3.63, 3.8) is 0 Å². The van der Waals surface area contributed by atoms with Gasteiger partial charge in [-0.3, -0.25) is 19.2 Å². The van der Waals surface area contributed by atoms with Crippen molar-refractivity contribution in [2.24, 2.45) is 17.6 Å². The van der Waals surface area contributed by atoms with Crippen LogP contribution in [-0.4, -0.2) is 75.3 Å². The van der Waals surface area contributed by atoms with E-state index in [-0.39, 0.29) is 0 Å². The van der Waals surface area contributed by atoms with Crippen LogP contribution in [-0.2, 0) is 24.0 Å². The van der Waals surface area contributed by atoms with Crippen LogP contribution in [0, 0.1) is 11.8 Å². The fourth-order valence-electron chi connectivity index (χ4n) is 2.82. The number of rotatable bonds is 14. The first kappa shape index (κ1) is 29.3. The van der Waals surface area contributed by atoms with Crippen molar-refractivity contribution in [2.75, 3.05) is 0 Å². The molecule has 0 aromatic rings. The molecule has 0 saturated heterocycles. The van der Waals surface area contributed by atoms with Gasteiger partial charge in [0.2, 0.25) is 17.7 Å². The number of carboxylic acid groups (broad SMARTS) is 2. The van der Waals surface area contributed by atoms with E-state index in [1.54, 1.807) is 27.7 Å². The monoisotopic (exact) mass is 460 g/mol. The number of amides is 3. The second kappa shape index (κ2) is 13.6. The Kier molecular flexibility index (Phi) is 12.5. The molecule has 0 aliphatic heterocycles. The van der Waals surface area contributed by atoms with Crippen molar-refractivity contribution in [2.45, 2.75) is 84.2 Å². The van der Waals surface area contributed by atoms with Gasteiger partial charge in [-0.05, 0) is 18.8 Å². The van der Waals surface area contributed by atoms with Gasteiger partial charge < -0.3 is 37.0 Å². The molecule has 12 heteroatoms. The molecule has 184 valence electrons. The van der Waals surface area contributed by atoms with Gasteiger partial charge in [0.25, 0.3) is 0 Å². The second-order valence-electron chi connectivity index (χ2n) is 8.01. The zero-order chi connectivity index (χ0) is 25.2. The molecule has 7 unspecified atom stereocenters. The third kappa shape index (κ3) is 9.18. The van der Waals surface area contributed by atoms with Crippen LogP contribution in [0.2, 0.25) is 0 Å². The van der Waals surface area contributed by atoms with Gasteiger partial charge >= 0.3 is 11.9 Å². The van der Waals surface area contributed by atoms with Crippen molar-refractivity contribution in [1.29, 1.82) is 0 Å². The van der Waals surface area contributed by atoms with Crippen molar-refractivity contribution in [3.8, 4) is 0 Å². The predicted octanol–water partition coefficient (Wildman–Crippen LogP) is -1.20. The minimum atomic E-state index is -1.48. The summed E-state index contributed by atoms with van der Waals surface area (Å²) in [6.45, 7) is 8.08. The summed E-state index contributed by atoms with van der Waals surface area (Å²) in [6.07, 6.45) is -1.08. The molecule has 0 bridgehead atoms. The maximum atomic E-state index is 12.9. The molecule has 0 saturated carbocycles. The summed E-state index contributed by atoms with van der Waals surface area (Å²) >= 11 is 0. The lowest BCUT2D eigenvalue weighted by molar-refractivity contribution is -0.144. The third-order valence-corrected chi connectivity index (χ3v) is 5.36. The quantitative estimate of drug-likeness (QED) is 0.166. The van der Waals surface area contributed by atoms with E-state index in [2.05, 4.69) is 16.0 Å². The molecule has 12 nitrogen and oxygen atoms in total. The number of hydrogen-bond donors (Lipinski definition) is 7. The first-order chi connectivity index (χ1) is 14.8. The molecule has 0 aromatic carbocycles. The van der Waals surface area contributed by atoms with E-state index in [9.17, 15) is 34.2 Å². The molecule has 0 aliphatic carbocycles.